The van der Waals surface area contributed by atoms with Crippen LogP contribution in [0.1, 0.15) is 22.7 Å². The molecule has 6 heteroatoms. The smallest absolute Gasteiger partial charge is 0.295 e. The summed E-state index contributed by atoms with van der Waals surface area (Å²) >= 11 is 0. The molecule has 2 aliphatic heterocycles. The number of aliphatic hydroxyl groups is 1. The zero-order chi connectivity index (χ0) is 21.1. The highest BCUT2D eigenvalue weighted by atomic mass is 16.5. The fourth-order valence-corrected chi connectivity index (χ4v) is 4.03. The van der Waals surface area contributed by atoms with Crippen LogP contribution in [0.15, 0.2) is 60.2 Å². The van der Waals surface area contributed by atoms with E-state index >= 15 is 0 Å². The van der Waals surface area contributed by atoms with Gasteiger partial charge in [0, 0.05) is 31.7 Å². The van der Waals surface area contributed by atoms with Crippen molar-refractivity contribution in [3.63, 3.8) is 0 Å². The molecule has 0 aliphatic carbocycles. The van der Waals surface area contributed by atoms with E-state index in [9.17, 15) is 14.7 Å². The van der Waals surface area contributed by atoms with Crippen LogP contribution in [0.3, 0.4) is 0 Å². The number of carbonyl (C=O) groups excluding carboxylic acids is 2. The minimum absolute atomic E-state index is 0.131. The summed E-state index contributed by atoms with van der Waals surface area (Å²) in [5.41, 5.74) is 2.59. The molecular weight excluding hydrogens is 380 g/mol. The summed E-state index contributed by atoms with van der Waals surface area (Å²) in [5.74, 6) is -1.33. The fraction of sp³-hybridized carbons (Fsp3) is 0.333. The SMILES string of the molecule is Cc1ccc(C2/C(=C(/O)c3ccccc3)C(=O)C(=O)N2CCN2CCOCC2)cc1. The lowest BCUT2D eigenvalue weighted by atomic mass is 9.95. The van der Waals surface area contributed by atoms with Gasteiger partial charge in [0.15, 0.2) is 0 Å². The van der Waals surface area contributed by atoms with Crippen LogP contribution in [0, 0.1) is 6.92 Å². The Bertz CT molecular complexity index is 947. The van der Waals surface area contributed by atoms with Crippen LogP contribution in [-0.4, -0.2) is 66.0 Å². The van der Waals surface area contributed by atoms with Crippen molar-refractivity contribution in [3.8, 4) is 0 Å². The Hall–Kier alpha value is -2.96. The Labute approximate surface area is 176 Å². The number of ketones is 1. The molecule has 156 valence electrons. The number of nitrogens with zero attached hydrogens (tertiary/aromatic N) is 2. The Morgan fingerprint density at radius 2 is 1.67 bits per heavy atom. The number of rotatable bonds is 5. The minimum Gasteiger partial charge on any atom is -0.507 e. The third-order valence-electron chi connectivity index (χ3n) is 5.74. The molecule has 6 nitrogen and oxygen atoms in total. The van der Waals surface area contributed by atoms with Gasteiger partial charge < -0.3 is 14.7 Å². The van der Waals surface area contributed by atoms with Crippen LogP contribution in [-0.2, 0) is 14.3 Å². The van der Waals surface area contributed by atoms with E-state index in [-0.39, 0.29) is 11.3 Å². The van der Waals surface area contributed by atoms with Gasteiger partial charge >= 0.3 is 0 Å². The lowest BCUT2D eigenvalue weighted by molar-refractivity contribution is -0.140. The third-order valence-corrected chi connectivity index (χ3v) is 5.74. The Balaban J connectivity index is 1.72. The van der Waals surface area contributed by atoms with Gasteiger partial charge in [-0.2, -0.15) is 0 Å². The molecule has 2 saturated heterocycles. The number of amides is 1. The molecule has 1 atom stereocenters. The van der Waals surface area contributed by atoms with Crippen LogP contribution >= 0.6 is 0 Å². The van der Waals surface area contributed by atoms with Gasteiger partial charge in [0.2, 0.25) is 0 Å². The predicted octanol–water partition coefficient (Wildman–Crippen LogP) is 2.75. The predicted molar refractivity (Wildman–Crippen MR) is 114 cm³/mol. The second-order valence-corrected chi connectivity index (χ2v) is 7.72. The summed E-state index contributed by atoms with van der Waals surface area (Å²) in [6.45, 7) is 6.02. The summed E-state index contributed by atoms with van der Waals surface area (Å²) in [5, 5.41) is 11.0. The number of morpholine rings is 1. The normalized spacial score (nSPS) is 21.9. The van der Waals surface area contributed by atoms with Crippen molar-refractivity contribution in [3.05, 3.63) is 76.9 Å². The summed E-state index contributed by atoms with van der Waals surface area (Å²) in [4.78, 5) is 29.8. The largest absolute Gasteiger partial charge is 0.507 e. The lowest BCUT2D eigenvalue weighted by Crippen LogP contribution is -2.42. The van der Waals surface area contributed by atoms with E-state index in [1.165, 1.54) is 0 Å². The molecule has 2 fully saturated rings. The zero-order valence-corrected chi connectivity index (χ0v) is 17.1. The molecule has 30 heavy (non-hydrogen) atoms. The van der Waals surface area contributed by atoms with Crippen LogP contribution in [0.2, 0.25) is 0 Å². The second-order valence-electron chi connectivity index (χ2n) is 7.72. The van der Waals surface area contributed by atoms with Crippen molar-refractivity contribution >= 4 is 17.4 Å². The van der Waals surface area contributed by atoms with Gasteiger partial charge in [-0.15, -0.1) is 0 Å². The topological polar surface area (TPSA) is 70.1 Å². The molecule has 1 amide bonds. The molecule has 0 radical (unpaired) electrons. The Morgan fingerprint density at radius 3 is 2.33 bits per heavy atom. The molecule has 2 aromatic carbocycles. The monoisotopic (exact) mass is 406 g/mol. The van der Waals surface area contributed by atoms with Crippen molar-refractivity contribution in [1.82, 2.24) is 9.80 Å². The number of likely N-dealkylation sites (tertiary alicyclic amines) is 1. The standard InChI is InChI=1S/C24H26N2O4/c1-17-7-9-18(10-8-17)21-20(22(27)19-5-3-2-4-6-19)23(28)24(29)26(21)12-11-25-13-15-30-16-14-25/h2-10,21,27H,11-16H2,1H3/b22-20-. The quantitative estimate of drug-likeness (QED) is 0.470. The molecule has 0 aromatic heterocycles. The third kappa shape index (κ3) is 4.01. The first-order valence-corrected chi connectivity index (χ1v) is 10.3. The number of benzene rings is 2. The van der Waals surface area contributed by atoms with Gasteiger partial charge in [0.05, 0.1) is 24.8 Å². The highest BCUT2D eigenvalue weighted by Gasteiger charge is 2.45. The molecule has 1 unspecified atom stereocenters. The van der Waals surface area contributed by atoms with Crippen LogP contribution in [0.5, 0.6) is 0 Å². The van der Waals surface area contributed by atoms with E-state index in [4.69, 9.17) is 4.74 Å². The lowest BCUT2D eigenvalue weighted by Gasteiger charge is -2.31. The van der Waals surface area contributed by atoms with E-state index in [2.05, 4.69) is 4.90 Å². The van der Waals surface area contributed by atoms with Gasteiger partial charge in [0.1, 0.15) is 5.76 Å². The van der Waals surface area contributed by atoms with E-state index in [0.29, 0.717) is 31.9 Å². The van der Waals surface area contributed by atoms with E-state index in [1.54, 1.807) is 29.2 Å². The van der Waals surface area contributed by atoms with Gasteiger partial charge in [-0.25, -0.2) is 0 Å². The van der Waals surface area contributed by atoms with Crippen molar-refractivity contribution in [2.45, 2.75) is 13.0 Å². The Kier molecular flexibility index (Phi) is 5.97. The van der Waals surface area contributed by atoms with E-state index < -0.39 is 17.7 Å². The maximum Gasteiger partial charge on any atom is 0.295 e. The number of ether oxygens (including phenoxy) is 1. The molecular formula is C24H26N2O4. The number of carbonyl (C=O) groups is 2. The average Bonchev–Trinajstić information content (AvgIpc) is 3.04. The minimum atomic E-state index is -0.635. The Morgan fingerprint density at radius 1 is 1.00 bits per heavy atom. The maximum absolute atomic E-state index is 13.0. The van der Waals surface area contributed by atoms with E-state index in [1.807, 2.05) is 37.3 Å². The number of aryl methyl sites for hydroxylation is 1. The molecule has 4 rings (SSSR count). The van der Waals surface area contributed by atoms with Gasteiger partial charge in [-0.1, -0.05) is 60.2 Å². The first-order chi connectivity index (χ1) is 14.6. The van der Waals surface area contributed by atoms with Crippen LogP contribution in [0.4, 0.5) is 0 Å². The number of hydrogen-bond donors (Lipinski definition) is 1. The molecule has 2 heterocycles. The fourth-order valence-electron chi connectivity index (χ4n) is 4.03. The maximum atomic E-state index is 13.0. The molecule has 0 saturated carbocycles. The molecule has 2 aromatic rings. The number of hydrogen-bond acceptors (Lipinski definition) is 5. The highest BCUT2D eigenvalue weighted by molar-refractivity contribution is 6.46. The van der Waals surface area contributed by atoms with Crippen molar-refractivity contribution in [2.75, 3.05) is 39.4 Å². The summed E-state index contributed by atoms with van der Waals surface area (Å²) in [6.07, 6.45) is 0. The van der Waals surface area contributed by atoms with Gasteiger partial charge in [-0.3, -0.25) is 14.5 Å². The summed E-state index contributed by atoms with van der Waals surface area (Å²) < 4.78 is 5.39. The van der Waals surface area contributed by atoms with E-state index in [0.717, 1.165) is 24.2 Å². The van der Waals surface area contributed by atoms with Crippen molar-refractivity contribution in [1.29, 1.82) is 0 Å². The summed E-state index contributed by atoms with van der Waals surface area (Å²) in [6, 6.07) is 16.1. The van der Waals surface area contributed by atoms with Crippen molar-refractivity contribution in [2.24, 2.45) is 0 Å². The second kappa shape index (κ2) is 8.81. The number of aliphatic hydroxyl groups excluding tert-OH is 1. The highest BCUT2D eigenvalue weighted by Crippen LogP contribution is 2.39. The van der Waals surface area contributed by atoms with Crippen molar-refractivity contribution < 1.29 is 19.4 Å². The summed E-state index contributed by atoms with van der Waals surface area (Å²) in [7, 11) is 0. The molecule has 0 bridgehead atoms. The van der Waals surface area contributed by atoms with Gasteiger partial charge in [0.25, 0.3) is 11.7 Å². The first-order valence-electron chi connectivity index (χ1n) is 10.3. The number of Topliss-reactive ketones (excluding diaryl/α,β-unsaturated/α-hetero) is 1. The zero-order valence-electron chi connectivity index (χ0n) is 17.1. The average molecular weight is 406 g/mol. The first kappa shape index (κ1) is 20.3. The molecule has 2 aliphatic rings. The molecule has 0 spiro atoms. The van der Waals surface area contributed by atoms with Crippen LogP contribution < -0.4 is 0 Å². The molecule has 1 N–H and O–H groups in total. The van der Waals surface area contributed by atoms with Gasteiger partial charge in [-0.05, 0) is 12.5 Å². The van der Waals surface area contributed by atoms with Crippen LogP contribution in [0.25, 0.3) is 5.76 Å².